The zero-order chi connectivity index (χ0) is 14.8. The van der Waals surface area contributed by atoms with Crippen LogP contribution in [0.5, 0.6) is 0 Å². The Morgan fingerprint density at radius 3 is 2.48 bits per heavy atom. The highest BCUT2D eigenvalue weighted by Gasteiger charge is 2.21. The molecule has 21 heavy (non-hydrogen) atoms. The minimum atomic E-state index is -1.05. The van der Waals surface area contributed by atoms with Crippen LogP contribution in [0.25, 0.3) is 0 Å². The molecule has 0 fully saturated rings. The maximum absolute atomic E-state index is 10.9. The summed E-state index contributed by atoms with van der Waals surface area (Å²) in [6.07, 6.45) is 1.96. The van der Waals surface area contributed by atoms with Crippen molar-refractivity contribution in [1.82, 2.24) is 4.98 Å². The number of nitrogens with two attached hydrogens (primary N) is 1. The van der Waals surface area contributed by atoms with Crippen molar-refractivity contribution in [2.24, 2.45) is 5.73 Å². The van der Waals surface area contributed by atoms with Crippen LogP contribution < -0.4 is 10.6 Å². The highest BCUT2D eigenvalue weighted by atomic mass is 32.1. The standard InChI is InChI=1S/C15H17N3O2S/c16-13(14(19)20)12-9-21-15(17-12)18-7-5-10-3-1-2-4-11(10)6-8-18/h1-4,9,13H,5-8,16H2,(H,19,20). The first-order chi connectivity index (χ1) is 10.1. The predicted octanol–water partition coefficient (Wildman–Crippen LogP) is 1.83. The van der Waals surface area contributed by atoms with E-state index in [4.69, 9.17) is 10.8 Å². The Hall–Kier alpha value is -1.92. The minimum absolute atomic E-state index is 0.435. The van der Waals surface area contributed by atoms with E-state index in [2.05, 4.69) is 34.1 Å². The molecule has 1 aromatic carbocycles. The Bertz CT molecular complexity index is 629. The lowest BCUT2D eigenvalue weighted by atomic mass is 10.0. The number of aliphatic carboxylic acids is 1. The van der Waals surface area contributed by atoms with Crippen LogP contribution in [0.2, 0.25) is 0 Å². The zero-order valence-electron chi connectivity index (χ0n) is 11.5. The fourth-order valence-electron chi connectivity index (χ4n) is 2.55. The van der Waals surface area contributed by atoms with Crippen LogP contribution in [0.15, 0.2) is 29.6 Å². The Labute approximate surface area is 127 Å². The van der Waals surface area contributed by atoms with Gasteiger partial charge in [0.05, 0.1) is 5.69 Å². The molecule has 0 saturated heterocycles. The number of hydrogen-bond acceptors (Lipinski definition) is 5. The molecule has 110 valence electrons. The number of nitrogens with zero attached hydrogens (tertiary/aromatic N) is 2. The van der Waals surface area contributed by atoms with Crippen LogP contribution in [-0.2, 0) is 17.6 Å². The summed E-state index contributed by atoms with van der Waals surface area (Å²) < 4.78 is 0. The van der Waals surface area contributed by atoms with Gasteiger partial charge in [0.25, 0.3) is 0 Å². The summed E-state index contributed by atoms with van der Waals surface area (Å²) in [6, 6.07) is 7.45. The molecule has 2 aromatic rings. The maximum atomic E-state index is 10.9. The largest absolute Gasteiger partial charge is 0.480 e. The molecule has 1 atom stereocenters. The molecular formula is C15H17N3O2S. The fraction of sp³-hybridized carbons (Fsp3) is 0.333. The summed E-state index contributed by atoms with van der Waals surface area (Å²) in [5, 5.41) is 11.5. The highest BCUT2D eigenvalue weighted by Crippen LogP contribution is 2.26. The summed E-state index contributed by atoms with van der Waals surface area (Å²) in [5.74, 6) is -1.05. The number of carboxylic acids is 1. The number of carboxylic acid groups (broad SMARTS) is 1. The fourth-order valence-corrected chi connectivity index (χ4v) is 3.47. The van der Waals surface area contributed by atoms with Gasteiger partial charge in [-0.3, -0.25) is 4.79 Å². The Morgan fingerprint density at radius 1 is 1.29 bits per heavy atom. The molecular weight excluding hydrogens is 286 g/mol. The summed E-state index contributed by atoms with van der Waals surface area (Å²) in [5.41, 5.74) is 8.82. The van der Waals surface area contributed by atoms with Crippen LogP contribution in [0, 0.1) is 0 Å². The number of benzene rings is 1. The lowest BCUT2D eigenvalue weighted by Crippen LogP contribution is -2.26. The first-order valence-electron chi connectivity index (χ1n) is 6.90. The molecule has 1 unspecified atom stereocenters. The van der Waals surface area contributed by atoms with Crippen LogP contribution in [0.4, 0.5) is 5.13 Å². The number of aromatic nitrogens is 1. The van der Waals surface area contributed by atoms with Gasteiger partial charge in [-0.1, -0.05) is 24.3 Å². The highest BCUT2D eigenvalue weighted by molar-refractivity contribution is 7.13. The average molecular weight is 303 g/mol. The van der Waals surface area contributed by atoms with E-state index < -0.39 is 12.0 Å². The van der Waals surface area contributed by atoms with E-state index in [9.17, 15) is 4.79 Å². The van der Waals surface area contributed by atoms with Crippen LogP contribution in [0.3, 0.4) is 0 Å². The number of rotatable bonds is 3. The molecule has 2 heterocycles. The number of anilines is 1. The SMILES string of the molecule is NC(C(=O)O)c1csc(N2CCc3ccccc3CC2)n1. The van der Waals surface area contributed by atoms with Gasteiger partial charge in [-0.2, -0.15) is 0 Å². The van der Waals surface area contributed by atoms with E-state index in [-0.39, 0.29) is 0 Å². The second kappa shape index (κ2) is 5.83. The normalized spacial score (nSPS) is 16.1. The Morgan fingerprint density at radius 2 is 1.90 bits per heavy atom. The van der Waals surface area contributed by atoms with Crippen molar-refractivity contribution >= 4 is 22.4 Å². The van der Waals surface area contributed by atoms with Crippen molar-refractivity contribution in [3.05, 3.63) is 46.5 Å². The first-order valence-corrected chi connectivity index (χ1v) is 7.78. The minimum Gasteiger partial charge on any atom is -0.480 e. The zero-order valence-corrected chi connectivity index (χ0v) is 12.3. The van der Waals surface area contributed by atoms with E-state index in [1.165, 1.54) is 22.5 Å². The third kappa shape index (κ3) is 2.91. The van der Waals surface area contributed by atoms with Crippen LogP contribution >= 0.6 is 11.3 Å². The van der Waals surface area contributed by atoms with Crippen molar-refractivity contribution in [3.63, 3.8) is 0 Å². The van der Waals surface area contributed by atoms with Gasteiger partial charge >= 0.3 is 5.97 Å². The van der Waals surface area contributed by atoms with Crippen molar-refractivity contribution in [2.45, 2.75) is 18.9 Å². The third-order valence-corrected chi connectivity index (χ3v) is 4.71. The predicted molar refractivity (Wildman–Crippen MR) is 82.7 cm³/mol. The summed E-state index contributed by atoms with van der Waals surface area (Å²) in [4.78, 5) is 17.5. The van der Waals surface area contributed by atoms with Gasteiger partial charge in [-0.05, 0) is 24.0 Å². The maximum Gasteiger partial charge on any atom is 0.326 e. The molecule has 0 radical (unpaired) electrons. The number of thiazole rings is 1. The molecule has 3 N–H and O–H groups in total. The van der Waals surface area contributed by atoms with Crippen LogP contribution in [-0.4, -0.2) is 29.1 Å². The topological polar surface area (TPSA) is 79.5 Å². The van der Waals surface area contributed by atoms with Crippen LogP contribution in [0.1, 0.15) is 22.9 Å². The van der Waals surface area contributed by atoms with Crippen molar-refractivity contribution in [1.29, 1.82) is 0 Å². The van der Waals surface area contributed by atoms with E-state index in [1.807, 2.05) is 0 Å². The average Bonchev–Trinajstić information content (AvgIpc) is 2.87. The van der Waals surface area contributed by atoms with Gasteiger partial charge in [0.1, 0.15) is 6.04 Å². The van der Waals surface area contributed by atoms with Gasteiger partial charge in [0.15, 0.2) is 5.13 Å². The molecule has 0 bridgehead atoms. The van der Waals surface area contributed by atoms with Gasteiger partial charge < -0.3 is 15.7 Å². The molecule has 1 aliphatic heterocycles. The van der Waals surface area contributed by atoms with Crippen molar-refractivity contribution in [3.8, 4) is 0 Å². The van der Waals surface area contributed by atoms with E-state index >= 15 is 0 Å². The van der Waals surface area contributed by atoms with E-state index in [0.29, 0.717) is 5.69 Å². The molecule has 1 aromatic heterocycles. The Balaban J connectivity index is 1.76. The monoisotopic (exact) mass is 303 g/mol. The molecule has 1 aliphatic rings. The third-order valence-electron chi connectivity index (χ3n) is 3.79. The van der Waals surface area contributed by atoms with E-state index in [1.54, 1.807) is 5.38 Å². The second-order valence-corrected chi connectivity index (χ2v) is 5.96. The smallest absolute Gasteiger partial charge is 0.326 e. The van der Waals surface area contributed by atoms with Crippen molar-refractivity contribution < 1.29 is 9.90 Å². The number of hydrogen-bond donors (Lipinski definition) is 2. The summed E-state index contributed by atoms with van der Waals surface area (Å²) in [7, 11) is 0. The van der Waals surface area contributed by atoms with Crippen molar-refractivity contribution in [2.75, 3.05) is 18.0 Å². The molecule has 3 rings (SSSR count). The van der Waals surface area contributed by atoms with Gasteiger partial charge in [0, 0.05) is 18.5 Å². The van der Waals surface area contributed by atoms with Gasteiger partial charge in [-0.25, -0.2) is 4.98 Å². The lowest BCUT2D eigenvalue weighted by molar-refractivity contribution is -0.138. The summed E-state index contributed by atoms with van der Waals surface area (Å²) >= 11 is 1.46. The molecule has 0 aliphatic carbocycles. The van der Waals surface area contributed by atoms with Gasteiger partial charge in [-0.15, -0.1) is 11.3 Å². The molecule has 0 saturated carbocycles. The van der Waals surface area contributed by atoms with E-state index in [0.717, 1.165) is 31.1 Å². The second-order valence-electron chi connectivity index (χ2n) is 5.13. The lowest BCUT2D eigenvalue weighted by Gasteiger charge is -2.18. The molecule has 6 heteroatoms. The quantitative estimate of drug-likeness (QED) is 0.904. The summed E-state index contributed by atoms with van der Waals surface area (Å²) in [6.45, 7) is 1.79. The molecule has 5 nitrogen and oxygen atoms in total. The molecule has 0 spiro atoms. The Kier molecular flexibility index (Phi) is 3.90. The first kappa shape index (κ1) is 14.0. The number of carbonyl (C=O) groups is 1. The number of fused-ring (bicyclic) bond motifs is 1. The molecule has 0 amide bonds. The van der Waals surface area contributed by atoms with Gasteiger partial charge in [0.2, 0.25) is 0 Å².